The monoisotopic (exact) mass is 270 g/mol. The number of nitriles is 1. The van der Waals surface area contributed by atoms with Crippen LogP contribution in [0.15, 0.2) is 24.5 Å². The lowest BCUT2D eigenvalue weighted by molar-refractivity contribution is 0.193. The van der Waals surface area contributed by atoms with Crippen LogP contribution in [0, 0.1) is 18.3 Å². The van der Waals surface area contributed by atoms with Crippen LogP contribution in [0.4, 0.5) is 0 Å². The molecule has 0 aromatic carbocycles. The first kappa shape index (κ1) is 14.5. The number of nitrogens with zero attached hydrogens (tertiary/aromatic N) is 3. The maximum atomic E-state index is 8.74. The normalized spacial score (nSPS) is 15.9. The fourth-order valence-corrected chi connectivity index (χ4v) is 2.70. The first-order valence-electron chi connectivity index (χ1n) is 7.32. The highest BCUT2D eigenvalue weighted by atomic mass is 15.2. The molecule has 2 aromatic rings. The van der Waals surface area contributed by atoms with Crippen LogP contribution in [0.3, 0.4) is 0 Å². The highest BCUT2D eigenvalue weighted by molar-refractivity contribution is 5.54. The van der Waals surface area contributed by atoms with E-state index < -0.39 is 0 Å². The van der Waals surface area contributed by atoms with Gasteiger partial charge >= 0.3 is 0 Å². The van der Waals surface area contributed by atoms with E-state index in [1.807, 2.05) is 24.6 Å². The van der Waals surface area contributed by atoms with E-state index in [-0.39, 0.29) is 5.54 Å². The molecule has 0 saturated heterocycles. The zero-order valence-corrected chi connectivity index (χ0v) is 12.5. The van der Waals surface area contributed by atoms with Gasteiger partial charge in [0.15, 0.2) is 0 Å². The van der Waals surface area contributed by atoms with E-state index in [1.54, 1.807) is 0 Å². The van der Waals surface area contributed by atoms with E-state index in [2.05, 4.69) is 41.7 Å². The van der Waals surface area contributed by atoms with E-state index in [4.69, 9.17) is 5.26 Å². The van der Waals surface area contributed by atoms with Gasteiger partial charge in [0.2, 0.25) is 0 Å². The minimum absolute atomic E-state index is 0.0101. The van der Waals surface area contributed by atoms with Crippen molar-refractivity contribution in [1.82, 2.24) is 14.9 Å². The third kappa shape index (κ3) is 2.41. The number of aryl methyl sites for hydroxylation is 1. The lowest BCUT2D eigenvalue weighted by Crippen LogP contribution is -2.48. The minimum Gasteiger partial charge on any atom is -0.295 e. The molecule has 2 heterocycles. The zero-order valence-electron chi connectivity index (χ0n) is 12.5. The highest BCUT2D eigenvalue weighted by Gasteiger charge is 2.38. The van der Waals surface area contributed by atoms with Crippen LogP contribution in [0.1, 0.15) is 44.2 Å². The molecule has 0 aliphatic heterocycles. The Hall–Kier alpha value is -1.86. The summed E-state index contributed by atoms with van der Waals surface area (Å²) in [6.07, 6.45) is 7.39. The number of aromatic nitrogens is 2. The van der Waals surface area contributed by atoms with Crippen LogP contribution >= 0.6 is 0 Å². The predicted molar refractivity (Wildman–Crippen MR) is 80.4 cm³/mol. The smallest absolute Gasteiger partial charge is 0.0847 e. The average molecular weight is 270 g/mol. The third-order valence-electron chi connectivity index (χ3n) is 3.97. The van der Waals surface area contributed by atoms with Crippen LogP contribution in [-0.4, -0.2) is 16.2 Å². The fraction of sp³-hybridized carbons (Fsp3) is 0.500. The molecule has 3 rings (SSSR count). The number of fused-ring (bicyclic) bond motifs is 1. The molecule has 1 fully saturated rings. The van der Waals surface area contributed by atoms with Crippen molar-refractivity contribution in [3.8, 4) is 6.07 Å². The molecule has 0 atom stereocenters. The Morgan fingerprint density at radius 1 is 1.40 bits per heavy atom. The Bertz CT molecular complexity index is 617. The largest absolute Gasteiger partial charge is 0.295 e. The molecule has 106 valence electrons. The summed E-state index contributed by atoms with van der Waals surface area (Å²) < 4.78 is 1.93. The van der Waals surface area contributed by atoms with Crippen molar-refractivity contribution < 1.29 is 0 Å². The summed E-state index contributed by atoms with van der Waals surface area (Å²) >= 11 is 0. The van der Waals surface area contributed by atoms with Crippen LogP contribution in [0.5, 0.6) is 0 Å². The number of hydrogen-bond donors (Lipinski definition) is 1. The van der Waals surface area contributed by atoms with E-state index >= 15 is 0 Å². The molecule has 1 aliphatic rings. The number of nitrogens with one attached hydrogen (secondary N) is 1. The summed E-state index contributed by atoms with van der Waals surface area (Å²) in [7, 11) is 0. The standard InChI is InChI=1S/C14H16N4.C2H6/c1-11-9-17-18-10-12(3-4-13(11)18)14(5-2-6-14)16-8-7-15;1-2/h3-4,9-10,16H,2,5-6,8H2,1H3;1-2H3. The number of pyridine rings is 1. The fourth-order valence-electron chi connectivity index (χ4n) is 2.70. The molecule has 1 saturated carbocycles. The maximum absolute atomic E-state index is 8.74. The van der Waals surface area contributed by atoms with Gasteiger partial charge in [-0.1, -0.05) is 19.9 Å². The van der Waals surface area contributed by atoms with Gasteiger partial charge in [-0.3, -0.25) is 5.32 Å². The first-order chi connectivity index (χ1) is 9.75. The van der Waals surface area contributed by atoms with Gasteiger partial charge in [-0.05, 0) is 43.4 Å². The lowest BCUT2D eigenvalue weighted by Gasteiger charge is -2.42. The molecule has 0 spiro atoms. The van der Waals surface area contributed by atoms with Gasteiger partial charge in [0, 0.05) is 11.7 Å². The van der Waals surface area contributed by atoms with Crippen molar-refractivity contribution in [2.75, 3.05) is 6.54 Å². The molecule has 0 unspecified atom stereocenters. The molecular formula is C16H22N4. The third-order valence-corrected chi connectivity index (χ3v) is 3.97. The van der Waals surface area contributed by atoms with Crippen molar-refractivity contribution in [2.45, 2.75) is 45.6 Å². The van der Waals surface area contributed by atoms with Gasteiger partial charge in [0.1, 0.15) is 0 Å². The Balaban J connectivity index is 0.000000704. The van der Waals surface area contributed by atoms with Crippen molar-refractivity contribution in [1.29, 1.82) is 5.26 Å². The summed E-state index contributed by atoms with van der Waals surface area (Å²) in [5, 5.41) is 16.5. The molecule has 1 aliphatic carbocycles. The van der Waals surface area contributed by atoms with Gasteiger partial charge in [-0.2, -0.15) is 10.4 Å². The minimum atomic E-state index is -0.0101. The van der Waals surface area contributed by atoms with Crippen LogP contribution in [0.25, 0.3) is 5.52 Å². The average Bonchev–Trinajstić information content (AvgIpc) is 2.81. The van der Waals surface area contributed by atoms with Crippen LogP contribution in [0.2, 0.25) is 0 Å². The summed E-state index contributed by atoms with van der Waals surface area (Å²) in [4.78, 5) is 0. The SMILES string of the molecule is CC.Cc1cnn2cc(C3(NCC#N)CCC3)ccc12. The molecular weight excluding hydrogens is 248 g/mol. The van der Waals surface area contributed by atoms with Crippen molar-refractivity contribution in [3.63, 3.8) is 0 Å². The van der Waals surface area contributed by atoms with E-state index in [0.717, 1.165) is 18.4 Å². The van der Waals surface area contributed by atoms with Crippen molar-refractivity contribution >= 4 is 5.52 Å². The Kier molecular flexibility index (Phi) is 4.41. The molecule has 4 heteroatoms. The number of rotatable bonds is 3. The molecule has 20 heavy (non-hydrogen) atoms. The van der Waals surface area contributed by atoms with Gasteiger partial charge in [0.25, 0.3) is 0 Å². The maximum Gasteiger partial charge on any atom is 0.0847 e. The first-order valence-corrected chi connectivity index (χ1v) is 7.32. The van der Waals surface area contributed by atoms with Crippen molar-refractivity contribution in [2.24, 2.45) is 0 Å². The Morgan fingerprint density at radius 3 is 2.75 bits per heavy atom. The van der Waals surface area contributed by atoms with Gasteiger partial charge in [0.05, 0.1) is 24.3 Å². The molecule has 0 amide bonds. The van der Waals surface area contributed by atoms with Crippen LogP contribution in [-0.2, 0) is 5.54 Å². The second kappa shape index (κ2) is 6.06. The summed E-state index contributed by atoms with van der Waals surface area (Å²) in [6.45, 7) is 6.46. The summed E-state index contributed by atoms with van der Waals surface area (Å²) in [5.41, 5.74) is 3.56. The quantitative estimate of drug-likeness (QED) is 0.872. The molecule has 4 nitrogen and oxygen atoms in total. The Morgan fingerprint density at radius 2 is 2.15 bits per heavy atom. The van der Waals surface area contributed by atoms with E-state index in [1.165, 1.54) is 17.5 Å². The molecule has 2 aromatic heterocycles. The molecule has 0 bridgehead atoms. The zero-order chi connectivity index (χ0) is 14.6. The second-order valence-corrected chi connectivity index (χ2v) is 5.02. The second-order valence-electron chi connectivity index (χ2n) is 5.02. The van der Waals surface area contributed by atoms with E-state index in [9.17, 15) is 0 Å². The summed E-state index contributed by atoms with van der Waals surface area (Å²) in [5.74, 6) is 0. The highest BCUT2D eigenvalue weighted by Crippen LogP contribution is 2.41. The predicted octanol–water partition coefficient (Wildman–Crippen LogP) is 3.16. The van der Waals surface area contributed by atoms with Gasteiger partial charge in [-0.15, -0.1) is 0 Å². The Labute approximate surface area is 120 Å². The lowest BCUT2D eigenvalue weighted by atomic mass is 9.72. The van der Waals surface area contributed by atoms with Crippen molar-refractivity contribution in [3.05, 3.63) is 35.7 Å². The summed E-state index contributed by atoms with van der Waals surface area (Å²) in [6, 6.07) is 6.45. The molecule has 0 radical (unpaired) electrons. The van der Waals surface area contributed by atoms with Crippen LogP contribution < -0.4 is 5.32 Å². The number of hydrogen-bond acceptors (Lipinski definition) is 3. The van der Waals surface area contributed by atoms with Gasteiger partial charge < -0.3 is 0 Å². The van der Waals surface area contributed by atoms with Gasteiger partial charge in [-0.25, -0.2) is 4.52 Å². The van der Waals surface area contributed by atoms with E-state index in [0.29, 0.717) is 6.54 Å². The topological polar surface area (TPSA) is 53.1 Å². The molecule has 1 N–H and O–H groups in total.